The molecule has 0 aliphatic carbocycles. The average molecular weight is 418 g/mol. The first-order chi connectivity index (χ1) is 14.0. The third-order valence-electron chi connectivity index (χ3n) is 5.01. The van der Waals surface area contributed by atoms with Crippen LogP contribution in [0.15, 0.2) is 36.4 Å². The number of nitrogens with one attached hydrogen (secondary N) is 1. The Balaban J connectivity index is 1.90. The van der Waals surface area contributed by atoms with Gasteiger partial charge in [-0.2, -0.15) is 0 Å². The standard InChI is InChI=1S/C22H24ClNO5/c1-28-22(27)18(12-21(25)26)15-6-8-20-19(11-15)24-9-3-2-4-14-10-17(23)7-5-16(14)13-29-20/h5-8,10-11,18,24H,2-4,9,12-13H2,1H3,(H,25,26). The number of carboxylic acid groups (broad SMARTS) is 1. The Bertz CT molecular complexity index is 899. The van der Waals surface area contributed by atoms with E-state index in [4.69, 9.17) is 26.2 Å². The predicted molar refractivity (Wildman–Crippen MR) is 111 cm³/mol. The van der Waals surface area contributed by atoms with E-state index in [2.05, 4.69) is 5.32 Å². The highest BCUT2D eigenvalue weighted by atomic mass is 35.5. The van der Waals surface area contributed by atoms with Gasteiger partial charge in [-0.3, -0.25) is 9.59 Å². The van der Waals surface area contributed by atoms with Gasteiger partial charge >= 0.3 is 11.9 Å². The zero-order valence-corrected chi connectivity index (χ0v) is 17.0. The molecule has 6 nitrogen and oxygen atoms in total. The van der Waals surface area contributed by atoms with E-state index in [1.807, 2.05) is 18.2 Å². The predicted octanol–water partition coefficient (Wildman–Crippen LogP) is 4.40. The summed E-state index contributed by atoms with van der Waals surface area (Å²) in [5, 5.41) is 13.2. The lowest BCUT2D eigenvalue weighted by Crippen LogP contribution is -2.18. The largest absolute Gasteiger partial charge is 0.487 e. The number of ether oxygens (including phenoxy) is 2. The molecule has 1 atom stereocenters. The number of rotatable bonds is 4. The van der Waals surface area contributed by atoms with Crippen molar-refractivity contribution < 1.29 is 24.2 Å². The normalized spacial score (nSPS) is 14.8. The summed E-state index contributed by atoms with van der Waals surface area (Å²) in [4.78, 5) is 23.3. The smallest absolute Gasteiger partial charge is 0.313 e. The number of carbonyl (C=O) groups excluding carboxylic acids is 1. The maximum atomic E-state index is 12.1. The fourth-order valence-corrected chi connectivity index (χ4v) is 3.66. The Morgan fingerprint density at radius 1 is 1.21 bits per heavy atom. The van der Waals surface area contributed by atoms with Crippen LogP contribution in [0.25, 0.3) is 0 Å². The second-order valence-electron chi connectivity index (χ2n) is 7.01. The Kier molecular flexibility index (Phi) is 6.99. The minimum absolute atomic E-state index is 0.333. The van der Waals surface area contributed by atoms with Gasteiger partial charge in [-0.1, -0.05) is 23.7 Å². The molecule has 3 rings (SSSR count). The summed E-state index contributed by atoms with van der Waals surface area (Å²) < 4.78 is 10.8. The number of hydrogen-bond donors (Lipinski definition) is 2. The monoisotopic (exact) mass is 417 g/mol. The van der Waals surface area contributed by atoms with Gasteiger partial charge in [-0.05, 0) is 60.2 Å². The highest BCUT2D eigenvalue weighted by molar-refractivity contribution is 6.30. The van der Waals surface area contributed by atoms with Gasteiger partial charge in [0.05, 0.1) is 25.1 Å². The summed E-state index contributed by atoms with van der Waals surface area (Å²) in [6.45, 7) is 1.13. The molecule has 2 aromatic carbocycles. The molecule has 0 spiro atoms. The van der Waals surface area contributed by atoms with Crippen LogP contribution in [0.2, 0.25) is 5.02 Å². The van der Waals surface area contributed by atoms with Crippen LogP contribution < -0.4 is 10.1 Å². The molecule has 0 radical (unpaired) electrons. The number of methoxy groups -OCH3 is 1. The number of aryl methyl sites for hydroxylation is 1. The molecule has 154 valence electrons. The molecule has 0 amide bonds. The fraction of sp³-hybridized carbons (Fsp3) is 0.364. The third-order valence-corrected chi connectivity index (χ3v) is 5.25. The molecule has 0 fully saturated rings. The van der Waals surface area contributed by atoms with Crippen LogP contribution in [0.4, 0.5) is 5.69 Å². The van der Waals surface area contributed by atoms with Gasteiger partial charge in [0.25, 0.3) is 0 Å². The minimum atomic E-state index is -1.06. The second-order valence-corrected chi connectivity index (χ2v) is 7.45. The zero-order chi connectivity index (χ0) is 20.8. The van der Waals surface area contributed by atoms with E-state index in [9.17, 15) is 9.59 Å². The summed E-state index contributed by atoms with van der Waals surface area (Å²) in [5.74, 6) is -1.85. The fourth-order valence-electron chi connectivity index (χ4n) is 3.47. The van der Waals surface area contributed by atoms with Crippen LogP contribution in [0.1, 0.15) is 41.9 Å². The summed E-state index contributed by atoms with van der Waals surface area (Å²) in [7, 11) is 1.26. The summed E-state index contributed by atoms with van der Waals surface area (Å²) in [6, 6.07) is 11.1. The maximum Gasteiger partial charge on any atom is 0.313 e. The Morgan fingerprint density at radius 2 is 2.03 bits per heavy atom. The van der Waals surface area contributed by atoms with Crippen molar-refractivity contribution in [3.8, 4) is 5.75 Å². The molecule has 0 saturated heterocycles. The van der Waals surface area contributed by atoms with Gasteiger partial charge in [-0.25, -0.2) is 0 Å². The lowest BCUT2D eigenvalue weighted by atomic mass is 9.95. The molecule has 0 aromatic heterocycles. The molecule has 1 heterocycles. The van der Waals surface area contributed by atoms with Crippen molar-refractivity contribution in [2.45, 2.75) is 38.2 Å². The van der Waals surface area contributed by atoms with Crippen LogP contribution in [0, 0.1) is 0 Å². The van der Waals surface area contributed by atoms with E-state index in [-0.39, 0.29) is 6.42 Å². The summed E-state index contributed by atoms with van der Waals surface area (Å²) in [5.41, 5.74) is 3.59. The molecule has 0 saturated carbocycles. The van der Waals surface area contributed by atoms with Crippen LogP contribution in [-0.2, 0) is 27.4 Å². The SMILES string of the molecule is COC(=O)C(CC(=O)O)c1ccc2c(c1)NCCCCc1cc(Cl)ccc1CO2. The third kappa shape index (κ3) is 5.41. The molecule has 2 N–H and O–H groups in total. The van der Waals surface area contributed by atoms with Crippen LogP contribution >= 0.6 is 11.6 Å². The first kappa shape index (κ1) is 21.0. The zero-order valence-electron chi connectivity index (χ0n) is 16.2. The number of benzene rings is 2. The van der Waals surface area contributed by atoms with Crippen LogP contribution in [-0.4, -0.2) is 30.7 Å². The van der Waals surface area contributed by atoms with Crippen molar-refractivity contribution in [1.82, 2.24) is 0 Å². The highest BCUT2D eigenvalue weighted by Crippen LogP contribution is 2.32. The van der Waals surface area contributed by atoms with E-state index in [1.165, 1.54) is 12.7 Å². The Hall–Kier alpha value is -2.73. The van der Waals surface area contributed by atoms with Crippen LogP contribution in [0.3, 0.4) is 0 Å². The number of halogens is 1. The molecule has 1 aliphatic heterocycles. The van der Waals surface area contributed by atoms with E-state index in [0.717, 1.165) is 37.1 Å². The number of carbonyl (C=O) groups is 2. The first-order valence-corrected chi connectivity index (χ1v) is 9.93. The van der Waals surface area contributed by atoms with E-state index in [0.29, 0.717) is 22.9 Å². The van der Waals surface area contributed by atoms with Gasteiger partial charge in [0, 0.05) is 11.6 Å². The van der Waals surface area contributed by atoms with Crippen LogP contribution in [0.5, 0.6) is 5.75 Å². The molecule has 29 heavy (non-hydrogen) atoms. The van der Waals surface area contributed by atoms with Gasteiger partial charge < -0.3 is 19.9 Å². The summed E-state index contributed by atoms with van der Waals surface area (Å²) in [6.07, 6.45) is 2.54. The van der Waals surface area contributed by atoms with Crippen molar-refractivity contribution in [2.75, 3.05) is 19.0 Å². The van der Waals surface area contributed by atoms with Crippen molar-refractivity contribution in [3.05, 3.63) is 58.1 Å². The molecular weight excluding hydrogens is 394 g/mol. The lowest BCUT2D eigenvalue weighted by molar-refractivity contribution is -0.147. The number of hydrogen-bond acceptors (Lipinski definition) is 5. The number of aliphatic carboxylic acids is 1. The van der Waals surface area contributed by atoms with Gasteiger partial charge in [0.2, 0.25) is 0 Å². The van der Waals surface area contributed by atoms with Gasteiger partial charge in [0.1, 0.15) is 12.4 Å². The topological polar surface area (TPSA) is 84.9 Å². The molecule has 7 heteroatoms. The van der Waals surface area contributed by atoms with Crippen molar-refractivity contribution in [3.63, 3.8) is 0 Å². The van der Waals surface area contributed by atoms with Crippen molar-refractivity contribution >= 4 is 29.2 Å². The molecular formula is C22H24ClNO5. The molecule has 1 aliphatic rings. The Labute approximate surface area is 174 Å². The lowest BCUT2D eigenvalue weighted by Gasteiger charge is -2.18. The van der Waals surface area contributed by atoms with Gasteiger partial charge in [-0.15, -0.1) is 0 Å². The minimum Gasteiger partial charge on any atom is -0.487 e. The number of anilines is 1. The van der Waals surface area contributed by atoms with E-state index < -0.39 is 17.9 Å². The Morgan fingerprint density at radius 3 is 2.79 bits per heavy atom. The second kappa shape index (κ2) is 9.65. The maximum absolute atomic E-state index is 12.1. The quantitative estimate of drug-likeness (QED) is 0.717. The number of fused-ring (bicyclic) bond motifs is 2. The average Bonchev–Trinajstić information content (AvgIpc) is 2.74. The van der Waals surface area contributed by atoms with Crippen molar-refractivity contribution in [2.24, 2.45) is 0 Å². The summed E-state index contributed by atoms with van der Waals surface area (Å²) >= 11 is 6.14. The van der Waals surface area contributed by atoms with Crippen molar-refractivity contribution in [1.29, 1.82) is 0 Å². The first-order valence-electron chi connectivity index (χ1n) is 9.55. The molecule has 2 aromatic rings. The number of esters is 1. The number of carboxylic acids is 1. The van der Waals surface area contributed by atoms with E-state index >= 15 is 0 Å². The van der Waals surface area contributed by atoms with Gasteiger partial charge in [0.15, 0.2) is 0 Å². The molecule has 0 bridgehead atoms. The molecule has 1 unspecified atom stereocenters. The highest BCUT2D eigenvalue weighted by Gasteiger charge is 2.25. The van der Waals surface area contributed by atoms with E-state index in [1.54, 1.807) is 18.2 Å².